The van der Waals surface area contributed by atoms with Crippen LogP contribution in [0.15, 0.2) is 176 Å². The van der Waals surface area contributed by atoms with Crippen molar-refractivity contribution in [3.63, 3.8) is 0 Å². The van der Waals surface area contributed by atoms with E-state index in [1.165, 1.54) is 24.3 Å². The number of non-ortho nitro benzene ring substituents is 1. The summed E-state index contributed by atoms with van der Waals surface area (Å²) in [5, 5.41) is 24.9. The second-order valence-electron chi connectivity index (χ2n) is 19.3. The summed E-state index contributed by atoms with van der Waals surface area (Å²) in [7, 11) is 1.57. The molecule has 7 aromatic carbocycles. The largest absolute Gasteiger partial charge is 0.497 e. The summed E-state index contributed by atoms with van der Waals surface area (Å²) in [4.78, 5) is 79.9. The van der Waals surface area contributed by atoms with Crippen LogP contribution >= 0.6 is 0 Å². The molecule has 6 atom stereocenters. The summed E-state index contributed by atoms with van der Waals surface area (Å²) in [6.45, 7) is 1.56. The number of nitrogens with one attached hydrogen (secondary N) is 1. The van der Waals surface area contributed by atoms with Crippen LogP contribution in [0.4, 0.5) is 27.5 Å². The zero-order valence-electron chi connectivity index (χ0n) is 42.8. The van der Waals surface area contributed by atoms with Crippen molar-refractivity contribution in [1.82, 2.24) is 4.90 Å². The number of morpholine rings is 2. The van der Waals surface area contributed by atoms with Crippen LogP contribution in [0, 0.1) is 27.9 Å². The molecule has 17 nitrogen and oxygen atoms in total. The number of esters is 1. The fraction of sp³-hybridized carbons (Fsp3) is 0.226. The zero-order chi connectivity index (χ0) is 54.6. The third-order valence-electron chi connectivity index (χ3n) is 14.9. The highest BCUT2D eigenvalue weighted by Crippen LogP contribution is 2.67. The van der Waals surface area contributed by atoms with Gasteiger partial charge in [0.15, 0.2) is 0 Å². The highest BCUT2D eigenvalue weighted by molar-refractivity contribution is 6.24. The number of nitro benzene ring substituents is 1. The average molecular weight is 1060 g/mol. The van der Waals surface area contributed by atoms with Gasteiger partial charge in [-0.3, -0.25) is 29.4 Å². The molecule has 0 saturated carbocycles. The minimum atomic E-state index is -2.22. The Morgan fingerprint density at radius 3 is 2.13 bits per heavy atom. The molecule has 7 aromatic rings. The molecule has 11 rings (SSSR count). The van der Waals surface area contributed by atoms with Gasteiger partial charge in [-0.2, -0.15) is 0 Å². The molecule has 3 amide bonds. The van der Waals surface area contributed by atoms with Crippen molar-refractivity contribution in [2.45, 2.75) is 36.3 Å². The Bertz CT molecular complexity index is 3470. The van der Waals surface area contributed by atoms with Gasteiger partial charge in [0.1, 0.15) is 42.3 Å². The van der Waals surface area contributed by atoms with Gasteiger partial charge in [0.25, 0.3) is 5.69 Å². The lowest BCUT2D eigenvalue weighted by Crippen LogP contribution is -2.54. The fourth-order valence-corrected chi connectivity index (χ4v) is 11.5. The molecular formula is C62H53N5O12. The Kier molecular flexibility index (Phi) is 14.6. The van der Waals surface area contributed by atoms with Gasteiger partial charge in [0.05, 0.1) is 55.5 Å². The first-order valence-electron chi connectivity index (χ1n) is 25.8. The highest BCUT2D eigenvalue weighted by Gasteiger charge is 2.76. The number of anilines is 3. The van der Waals surface area contributed by atoms with Gasteiger partial charge >= 0.3 is 12.1 Å². The van der Waals surface area contributed by atoms with Crippen LogP contribution in [0.2, 0.25) is 0 Å². The minimum Gasteiger partial charge on any atom is -0.497 e. The van der Waals surface area contributed by atoms with Gasteiger partial charge in [-0.1, -0.05) is 90.7 Å². The Balaban J connectivity index is 1.16. The van der Waals surface area contributed by atoms with Crippen molar-refractivity contribution in [1.29, 1.82) is 0 Å². The number of imide groups is 1. The Morgan fingerprint density at radius 1 is 0.785 bits per heavy atom. The molecule has 1 spiro atoms. The van der Waals surface area contributed by atoms with Crippen molar-refractivity contribution in [3.05, 3.63) is 225 Å². The smallest absolute Gasteiger partial charge is 0.421 e. The lowest BCUT2D eigenvalue weighted by atomic mass is 9.65. The van der Waals surface area contributed by atoms with E-state index in [0.29, 0.717) is 71.1 Å². The van der Waals surface area contributed by atoms with Crippen LogP contribution in [0.3, 0.4) is 0 Å². The van der Waals surface area contributed by atoms with Crippen LogP contribution < -0.4 is 24.6 Å². The SMILES string of the molecule is COc1ccc(C#Cc2ccc3c(c2)C2(C(=O)N3C(=O)OCc3ccc([N+](=O)[O-])cc3)C(C(=O)Nc3ccc(N4CCOCC4)cc3)C3C(=O)OC(c4ccccc4)C(c4ccccc4)N3C2c2ccccc2OCCO)cc1. The van der Waals surface area contributed by atoms with Gasteiger partial charge in [0, 0.05) is 53.3 Å². The van der Waals surface area contributed by atoms with Crippen molar-refractivity contribution in [3.8, 4) is 23.3 Å². The molecule has 398 valence electrons. The number of rotatable bonds is 13. The number of nitrogens with zero attached hydrogens (tertiary/aromatic N) is 4. The fourth-order valence-electron chi connectivity index (χ4n) is 11.5. The molecule has 0 bridgehead atoms. The van der Waals surface area contributed by atoms with Crippen molar-refractivity contribution in [2.75, 3.05) is 61.7 Å². The predicted octanol–water partition coefficient (Wildman–Crippen LogP) is 8.85. The molecule has 6 unspecified atom stereocenters. The Morgan fingerprint density at radius 2 is 1.44 bits per heavy atom. The summed E-state index contributed by atoms with van der Waals surface area (Å²) < 4.78 is 29.9. The number of fused-ring (bicyclic) bond motifs is 3. The number of para-hydroxylation sites is 1. The third kappa shape index (κ3) is 9.78. The molecule has 4 aliphatic rings. The van der Waals surface area contributed by atoms with Gasteiger partial charge in [-0.05, 0) is 107 Å². The Labute approximate surface area is 455 Å². The molecular weight excluding hydrogens is 1010 g/mol. The minimum absolute atomic E-state index is 0.0594. The summed E-state index contributed by atoms with van der Waals surface area (Å²) in [6.07, 6.45) is -2.12. The Hall–Kier alpha value is -9.34. The van der Waals surface area contributed by atoms with E-state index < -0.39 is 71.0 Å². The van der Waals surface area contributed by atoms with Gasteiger partial charge in [0.2, 0.25) is 11.8 Å². The number of methoxy groups -OCH3 is 1. The van der Waals surface area contributed by atoms with Gasteiger partial charge in [-0.25, -0.2) is 9.69 Å². The molecule has 3 fully saturated rings. The first-order valence-corrected chi connectivity index (χ1v) is 25.8. The number of nitro groups is 1. The quantitative estimate of drug-likeness (QED) is 0.0480. The number of carbonyl (C=O) groups is 4. The van der Waals surface area contributed by atoms with E-state index in [1.807, 2.05) is 77.7 Å². The number of hydrogen-bond acceptors (Lipinski definition) is 14. The van der Waals surface area contributed by atoms with Crippen molar-refractivity contribution < 1.29 is 52.9 Å². The molecule has 2 N–H and O–H groups in total. The van der Waals surface area contributed by atoms with Crippen LogP contribution in [0.25, 0.3) is 0 Å². The monoisotopic (exact) mass is 1060 g/mol. The van der Waals surface area contributed by atoms with E-state index in [2.05, 4.69) is 22.1 Å². The molecule has 4 aliphatic heterocycles. The lowest BCUT2D eigenvalue weighted by molar-refractivity contribution is -0.384. The molecule has 3 saturated heterocycles. The van der Waals surface area contributed by atoms with Crippen LogP contribution in [0.5, 0.6) is 11.5 Å². The molecule has 0 aliphatic carbocycles. The van der Waals surface area contributed by atoms with Crippen LogP contribution in [-0.2, 0) is 40.6 Å². The maximum Gasteiger partial charge on any atom is 0.421 e. The maximum absolute atomic E-state index is 16.9. The van der Waals surface area contributed by atoms with E-state index in [4.69, 9.17) is 23.7 Å². The number of ether oxygens (including phenoxy) is 5. The molecule has 0 aromatic heterocycles. The zero-order valence-corrected chi connectivity index (χ0v) is 42.8. The maximum atomic E-state index is 16.9. The number of carbonyl (C=O) groups excluding carboxylic acids is 4. The van der Waals surface area contributed by atoms with Gasteiger partial charge in [-0.15, -0.1) is 0 Å². The van der Waals surface area contributed by atoms with E-state index in [0.717, 1.165) is 10.6 Å². The van der Waals surface area contributed by atoms with Crippen LogP contribution in [0.1, 0.15) is 57.1 Å². The lowest BCUT2D eigenvalue weighted by Gasteiger charge is -2.46. The summed E-state index contributed by atoms with van der Waals surface area (Å²) in [5.74, 6) is 3.21. The van der Waals surface area contributed by atoms with E-state index in [-0.39, 0.29) is 35.9 Å². The molecule has 4 heterocycles. The summed E-state index contributed by atoms with van der Waals surface area (Å²) >= 11 is 0. The second-order valence-corrected chi connectivity index (χ2v) is 19.3. The topological polar surface area (TPSA) is 200 Å². The number of aliphatic hydroxyl groups is 1. The normalized spacial score (nSPS) is 21.3. The number of aliphatic hydroxyl groups excluding tert-OH is 1. The first-order chi connectivity index (χ1) is 38.6. The van der Waals surface area contributed by atoms with Crippen LogP contribution in [-0.4, -0.2) is 91.5 Å². The molecule has 79 heavy (non-hydrogen) atoms. The van der Waals surface area contributed by atoms with E-state index in [9.17, 15) is 15.2 Å². The second kappa shape index (κ2) is 22.3. The highest BCUT2D eigenvalue weighted by atomic mass is 16.6. The predicted molar refractivity (Wildman–Crippen MR) is 291 cm³/mol. The van der Waals surface area contributed by atoms with E-state index in [1.54, 1.807) is 86.0 Å². The summed E-state index contributed by atoms with van der Waals surface area (Å²) in [6, 6.07) is 46.6. The number of amides is 3. The van der Waals surface area contributed by atoms with E-state index >= 15 is 19.2 Å². The van der Waals surface area contributed by atoms with Gasteiger partial charge < -0.3 is 39.0 Å². The average Bonchev–Trinajstić information content (AvgIpc) is 3.33. The molecule has 0 radical (unpaired) electrons. The third-order valence-corrected chi connectivity index (χ3v) is 14.9. The van der Waals surface area contributed by atoms with Crippen molar-refractivity contribution >= 4 is 46.6 Å². The summed E-state index contributed by atoms with van der Waals surface area (Å²) in [5.41, 5.74) is 2.26. The standard InChI is InChI=1S/C62H53N5O12/c1-75-48-29-20-40(21-30-48)16-17-41-22-31-51-50(38-41)62(60(71)65(51)61(72)78-39-42-18-25-47(26-19-42)67(73)74)53(58(69)63-45-23-27-46(28-24-45)64-32-35-76-36-33-64)55-59(70)79-56(44-12-6-3-7-13-44)54(43-10-4-2-5-11-43)66(55)57(62)49-14-8-9-15-52(49)77-37-34-68/h2-15,18-31,38,53-57,68H,32-37,39H2,1H3,(H,63,69). The number of cyclic esters (lactones) is 1. The van der Waals surface area contributed by atoms with Crippen molar-refractivity contribution in [2.24, 2.45) is 5.92 Å². The number of hydrogen-bond donors (Lipinski definition) is 2. The number of benzene rings is 7. The first kappa shape index (κ1) is 51.8. The molecule has 17 heteroatoms.